The Kier molecular flexibility index (Phi) is 6.05. The molecule has 23 heteroatoms. The Morgan fingerprint density at radius 3 is 2.73 bits per heavy atom. The fraction of sp³-hybridized carbons (Fsp3) is 0.364. The van der Waals surface area contributed by atoms with E-state index >= 15 is 0 Å². The summed E-state index contributed by atoms with van der Waals surface area (Å²) >= 11 is 0. The van der Waals surface area contributed by atoms with Gasteiger partial charge < -0.3 is 36.0 Å². The van der Waals surface area contributed by atoms with Gasteiger partial charge in [-0.25, -0.2) is 29.2 Å². The highest BCUT2D eigenvalue weighted by Gasteiger charge is 2.50. The number of fused-ring (bicyclic) bond motifs is 8. The number of phosphoric ester groups is 1. The Balaban J connectivity index is 1.20. The average molecular weight is 643 g/mol. The summed E-state index contributed by atoms with van der Waals surface area (Å²) in [4.78, 5) is 45.9. The minimum absolute atomic E-state index is 0.0106. The predicted octanol–water partition coefficient (Wildman–Crippen LogP) is -2.42. The van der Waals surface area contributed by atoms with Gasteiger partial charge in [0.2, 0.25) is 11.8 Å². The number of nitrogens with two attached hydrogens (primary N) is 2. The zero-order valence-corrected chi connectivity index (χ0v) is 23.4. The summed E-state index contributed by atoms with van der Waals surface area (Å²) in [6.45, 7) is -0.660. The van der Waals surface area contributed by atoms with Gasteiger partial charge in [0.15, 0.2) is 35.0 Å². The van der Waals surface area contributed by atoms with E-state index in [-0.39, 0.29) is 57.8 Å². The zero-order valence-electron chi connectivity index (χ0n) is 22.6. The molecule has 1 saturated heterocycles. The Labute approximate surface area is 248 Å². The number of nitrogen functional groups attached to an aromatic ring is 2. The second kappa shape index (κ2) is 9.84. The lowest BCUT2D eigenvalue weighted by Crippen LogP contribution is -2.35. The summed E-state index contributed by atoms with van der Waals surface area (Å²) in [6, 6.07) is 0. The van der Waals surface area contributed by atoms with Crippen LogP contribution < -0.4 is 17.0 Å². The zero-order chi connectivity index (χ0) is 31.2. The minimum atomic E-state index is -4.93. The lowest BCUT2D eigenvalue weighted by Gasteiger charge is -2.24. The summed E-state index contributed by atoms with van der Waals surface area (Å²) in [6.07, 6.45) is -2.72. The normalized spacial score (nSPS) is 30.2. The van der Waals surface area contributed by atoms with Crippen molar-refractivity contribution in [2.24, 2.45) is 0 Å². The smallest absolute Gasteiger partial charge is 0.468 e. The first-order chi connectivity index (χ1) is 21.6. The van der Waals surface area contributed by atoms with E-state index in [0.717, 1.165) is 0 Å². The first kappa shape index (κ1) is 27.7. The van der Waals surface area contributed by atoms with Gasteiger partial charge in [0, 0.05) is 6.42 Å². The SMILES string of the molecule is Nc1nc2c(ncn2C2=C3C(O)[C@@H](COP(=O)(O)OC4C(O)[C@H](n5cnc6c(N)ncnc65)O[C@@H]4Cc4cn3nn4)O2)c(=O)[nH]1. The fourth-order valence-electron chi connectivity index (χ4n) is 5.55. The van der Waals surface area contributed by atoms with Crippen molar-refractivity contribution in [3.8, 4) is 0 Å². The molecule has 0 aliphatic carbocycles. The maximum atomic E-state index is 13.2. The number of ether oxygens (including phenoxy) is 2. The lowest BCUT2D eigenvalue weighted by molar-refractivity contribution is -0.0347. The highest BCUT2D eigenvalue weighted by atomic mass is 31.2. The van der Waals surface area contributed by atoms with E-state index in [1.165, 1.54) is 39.0 Å². The van der Waals surface area contributed by atoms with Crippen LogP contribution in [0.3, 0.4) is 0 Å². The number of aliphatic hydroxyl groups excluding tert-OH is 2. The third-order valence-electron chi connectivity index (χ3n) is 7.58. The molecule has 8 heterocycles. The lowest BCUT2D eigenvalue weighted by atomic mass is 10.1. The Hall–Kier alpha value is -4.83. The largest absolute Gasteiger partial charge is 0.472 e. The predicted molar refractivity (Wildman–Crippen MR) is 147 cm³/mol. The van der Waals surface area contributed by atoms with Gasteiger partial charge in [0.25, 0.3) is 5.56 Å². The molecule has 3 aliphatic rings. The van der Waals surface area contributed by atoms with Crippen LogP contribution in [-0.2, 0) is 29.5 Å². The third-order valence-corrected chi connectivity index (χ3v) is 8.57. The first-order valence-corrected chi connectivity index (χ1v) is 14.7. The quantitative estimate of drug-likeness (QED) is 0.109. The number of nitrogens with one attached hydrogen (secondary N) is 1. The molecule has 4 unspecified atom stereocenters. The molecule has 8 rings (SSSR count). The van der Waals surface area contributed by atoms with Crippen molar-refractivity contribution in [2.75, 3.05) is 18.1 Å². The van der Waals surface area contributed by atoms with Gasteiger partial charge in [0.05, 0.1) is 30.9 Å². The van der Waals surface area contributed by atoms with Crippen LogP contribution in [0.5, 0.6) is 0 Å². The topological polar surface area (TPSA) is 305 Å². The molecule has 3 aliphatic heterocycles. The van der Waals surface area contributed by atoms with Gasteiger partial charge in [-0.1, -0.05) is 5.21 Å². The molecule has 7 atom stereocenters. The molecule has 22 nitrogen and oxygen atoms in total. The van der Waals surface area contributed by atoms with Crippen molar-refractivity contribution in [2.45, 2.75) is 43.2 Å². The standard InChI is InChI=1S/C22H22N13O9P/c23-16-10-17(26-4-25-16)33(5-27-10)21-14(37)15-8(42-21)1-7-2-35(32-31-7)12-13(36)9(3-41-45(39,40)44-15)43-20(12)34-6-28-11-18(34)29-22(24)30-19(11)38/h2,4-6,8-9,13-15,21,36-37H,1,3H2,(H,39,40)(H2,23,25,26)(H3,24,29,30,38)/t8-,9-,13?,14?,15?,21-/m1/s1. The van der Waals surface area contributed by atoms with Crippen molar-refractivity contribution in [1.82, 2.24) is 54.0 Å². The summed E-state index contributed by atoms with van der Waals surface area (Å²) in [5.74, 6) is -0.154. The maximum Gasteiger partial charge on any atom is 0.472 e. The van der Waals surface area contributed by atoms with Crippen LogP contribution in [0.25, 0.3) is 33.9 Å². The van der Waals surface area contributed by atoms with Crippen LogP contribution in [-0.4, -0.2) is 106 Å². The van der Waals surface area contributed by atoms with Crippen molar-refractivity contribution in [3.05, 3.63) is 41.2 Å². The van der Waals surface area contributed by atoms with E-state index in [9.17, 15) is 24.5 Å². The van der Waals surface area contributed by atoms with Crippen LogP contribution in [0.2, 0.25) is 0 Å². The molecule has 0 amide bonds. The minimum Gasteiger partial charge on any atom is -0.468 e. The van der Waals surface area contributed by atoms with E-state index in [2.05, 4.69) is 40.2 Å². The highest BCUT2D eigenvalue weighted by molar-refractivity contribution is 7.47. The number of hydrogen-bond donors (Lipinski definition) is 6. The van der Waals surface area contributed by atoms with Crippen LogP contribution in [0.1, 0.15) is 11.9 Å². The summed E-state index contributed by atoms with van der Waals surface area (Å²) in [5.41, 5.74) is 11.8. The van der Waals surface area contributed by atoms with Gasteiger partial charge >= 0.3 is 7.82 Å². The monoisotopic (exact) mass is 643 g/mol. The molecule has 5 aromatic rings. The molecule has 234 valence electrons. The number of phosphoric acid groups is 1. The van der Waals surface area contributed by atoms with E-state index in [4.69, 9.17) is 30.0 Å². The van der Waals surface area contributed by atoms with Gasteiger partial charge in [-0.3, -0.25) is 28.0 Å². The van der Waals surface area contributed by atoms with E-state index in [0.29, 0.717) is 0 Å². The summed E-state index contributed by atoms with van der Waals surface area (Å²) in [5, 5.41) is 30.9. The number of aromatic amines is 1. The van der Waals surface area contributed by atoms with Crippen molar-refractivity contribution in [1.29, 1.82) is 0 Å². The molecule has 1 fully saturated rings. The molecule has 0 radical (unpaired) electrons. The van der Waals surface area contributed by atoms with Crippen molar-refractivity contribution >= 4 is 53.5 Å². The van der Waals surface area contributed by atoms with E-state index in [1.54, 1.807) is 0 Å². The van der Waals surface area contributed by atoms with E-state index in [1.807, 2.05) is 0 Å². The number of aromatic nitrogens is 11. The molecule has 0 spiro atoms. The molecule has 0 aromatic carbocycles. The number of anilines is 2. The van der Waals surface area contributed by atoms with Gasteiger partial charge in [-0.2, -0.15) is 4.98 Å². The second-order valence-electron chi connectivity index (χ2n) is 10.4. The first-order valence-electron chi connectivity index (χ1n) is 13.2. The second-order valence-corrected chi connectivity index (χ2v) is 11.8. The van der Waals surface area contributed by atoms with Gasteiger partial charge in [-0.05, 0) is 0 Å². The van der Waals surface area contributed by atoms with Gasteiger partial charge in [-0.15, -0.1) is 5.10 Å². The molecular formula is C22H22N13O9P. The van der Waals surface area contributed by atoms with Crippen LogP contribution >= 0.6 is 7.82 Å². The van der Waals surface area contributed by atoms with E-state index < -0.39 is 56.7 Å². The van der Waals surface area contributed by atoms with Crippen LogP contribution in [0.4, 0.5) is 11.8 Å². The number of nitrogens with zero attached hydrogens (tertiary/aromatic N) is 10. The van der Waals surface area contributed by atoms with Crippen molar-refractivity contribution < 1.29 is 38.2 Å². The Morgan fingerprint density at radius 2 is 1.89 bits per heavy atom. The third kappa shape index (κ3) is 4.38. The van der Waals surface area contributed by atoms with Gasteiger partial charge in [0.1, 0.15) is 42.2 Å². The Morgan fingerprint density at radius 1 is 1.07 bits per heavy atom. The fourth-order valence-corrected chi connectivity index (χ4v) is 6.52. The highest BCUT2D eigenvalue weighted by Crippen LogP contribution is 2.50. The molecule has 8 N–H and O–H groups in total. The van der Waals surface area contributed by atoms with Crippen LogP contribution in [0.15, 0.2) is 30.0 Å². The molecule has 45 heavy (non-hydrogen) atoms. The maximum absolute atomic E-state index is 13.2. The van der Waals surface area contributed by atoms with Crippen molar-refractivity contribution in [3.63, 3.8) is 0 Å². The van der Waals surface area contributed by atoms with Crippen LogP contribution in [0, 0.1) is 0 Å². The summed E-state index contributed by atoms with van der Waals surface area (Å²) < 4.78 is 39.9. The summed E-state index contributed by atoms with van der Waals surface area (Å²) in [7, 11) is -4.93. The number of H-pyrrole nitrogens is 1. The molecule has 4 bridgehead atoms. The molecule has 0 saturated carbocycles. The average Bonchev–Trinajstić information content (AvgIpc) is 3.81. The number of hydrogen-bond acceptors (Lipinski definition) is 17. The number of rotatable bonds is 2. The number of imidazole rings is 2. The molecular weight excluding hydrogens is 621 g/mol. The number of aliphatic hydroxyl groups is 2. The Bertz CT molecular complexity index is 2120. The molecule has 5 aromatic heterocycles.